The fraction of sp³-hybridized carbons (Fsp3) is 0.679. The molecule has 0 saturated heterocycles. The lowest BCUT2D eigenvalue weighted by Crippen LogP contribution is -2.58. The molecule has 0 spiro atoms. The standard InChI is InChI=1S/C28H39N3O3/c1-17(26(33)30-21-6-4-5-7-21)22-12-14-28(3)15-13-23(18(2)24(28)25(22)32)31-27(34)20-10-8-19(16-29)9-11-20/h8-11,17-18,21-25,32H,4-7,12-15H2,1-3H3,(H,30,33)(H,31,34)/t17-,18+,22+,23-,24+,25-,28-/m0/s1. The van der Waals surface area contributed by atoms with E-state index in [9.17, 15) is 14.7 Å². The summed E-state index contributed by atoms with van der Waals surface area (Å²) in [5.74, 6) is -0.211. The predicted molar refractivity (Wildman–Crippen MR) is 131 cm³/mol. The molecule has 6 nitrogen and oxygen atoms in total. The van der Waals surface area contributed by atoms with Gasteiger partial charge in [0.25, 0.3) is 5.91 Å². The van der Waals surface area contributed by atoms with Crippen LogP contribution >= 0.6 is 0 Å². The predicted octanol–water partition coefficient (Wildman–Crippen LogP) is 4.17. The third kappa shape index (κ3) is 4.86. The van der Waals surface area contributed by atoms with Crippen LogP contribution in [0.5, 0.6) is 0 Å². The maximum Gasteiger partial charge on any atom is 0.251 e. The van der Waals surface area contributed by atoms with Crippen LogP contribution in [-0.2, 0) is 4.79 Å². The highest BCUT2D eigenvalue weighted by Gasteiger charge is 2.54. The molecule has 7 atom stereocenters. The van der Waals surface area contributed by atoms with Gasteiger partial charge in [-0.25, -0.2) is 0 Å². The van der Waals surface area contributed by atoms with Gasteiger partial charge in [0.2, 0.25) is 5.91 Å². The second-order valence-electron chi connectivity index (χ2n) is 11.3. The molecule has 3 saturated carbocycles. The Morgan fingerprint density at radius 1 is 1.09 bits per heavy atom. The minimum atomic E-state index is -0.562. The van der Waals surface area contributed by atoms with Gasteiger partial charge in [0.05, 0.1) is 17.7 Å². The molecule has 3 fully saturated rings. The Morgan fingerprint density at radius 2 is 1.74 bits per heavy atom. The fourth-order valence-corrected chi connectivity index (χ4v) is 7.04. The number of carbonyl (C=O) groups is 2. The SMILES string of the molecule is C[C@H]1[C@@H]2[C@@H](O)[C@@H]([C@H](C)C(=O)NC3CCCC3)CC[C@@]2(C)CC[C@@H]1NC(=O)c1ccc(C#N)cc1. The van der Waals surface area contributed by atoms with Crippen molar-refractivity contribution in [3.63, 3.8) is 0 Å². The Balaban J connectivity index is 1.44. The van der Waals surface area contributed by atoms with E-state index in [1.165, 1.54) is 12.8 Å². The first-order valence-corrected chi connectivity index (χ1v) is 13.0. The molecule has 4 rings (SSSR count). The van der Waals surface area contributed by atoms with E-state index in [-0.39, 0.29) is 53.0 Å². The van der Waals surface area contributed by atoms with E-state index < -0.39 is 6.10 Å². The number of nitrogens with zero attached hydrogens (tertiary/aromatic N) is 1. The third-order valence-corrected chi connectivity index (χ3v) is 9.24. The molecule has 1 aromatic carbocycles. The quantitative estimate of drug-likeness (QED) is 0.607. The molecule has 3 aliphatic rings. The van der Waals surface area contributed by atoms with Crippen molar-refractivity contribution >= 4 is 11.8 Å². The van der Waals surface area contributed by atoms with Gasteiger partial charge < -0.3 is 15.7 Å². The molecule has 0 aliphatic heterocycles. The van der Waals surface area contributed by atoms with Crippen LogP contribution in [0.3, 0.4) is 0 Å². The van der Waals surface area contributed by atoms with Crippen LogP contribution in [0.2, 0.25) is 0 Å². The van der Waals surface area contributed by atoms with Crippen molar-refractivity contribution in [1.82, 2.24) is 10.6 Å². The number of hydrogen-bond donors (Lipinski definition) is 3. The third-order valence-electron chi connectivity index (χ3n) is 9.24. The molecule has 1 aromatic rings. The number of aliphatic hydroxyl groups is 1. The Kier molecular flexibility index (Phi) is 7.33. The van der Waals surface area contributed by atoms with Gasteiger partial charge in [-0.1, -0.05) is 33.6 Å². The van der Waals surface area contributed by atoms with Gasteiger partial charge in [-0.15, -0.1) is 0 Å². The van der Waals surface area contributed by atoms with Crippen LogP contribution in [0.25, 0.3) is 0 Å². The van der Waals surface area contributed by atoms with Crippen LogP contribution in [0.15, 0.2) is 24.3 Å². The van der Waals surface area contributed by atoms with Crippen LogP contribution in [-0.4, -0.2) is 35.1 Å². The molecule has 0 aromatic heterocycles. The zero-order valence-corrected chi connectivity index (χ0v) is 20.7. The molecule has 3 N–H and O–H groups in total. The van der Waals surface area contributed by atoms with Gasteiger partial charge in [0.1, 0.15) is 0 Å². The molecule has 0 unspecified atom stereocenters. The molecular formula is C28H39N3O3. The van der Waals surface area contributed by atoms with E-state index in [2.05, 4.69) is 30.6 Å². The van der Waals surface area contributed by atoms with Gasteiger partial charge in [0.15, 0.2) is 0 Å². The van der Waals surface area contributed by atoms with Crippen molar-refractivity contribution in [1.29, 1.82) is 5.26 Å². The number of nitrogens with one attached hydrogen (secondary N) is 2. The number of carbonyl (C=O) groups excluding carboxylic acids is 2. The Hall–Kier alpha value is -2.39. The smallest absolute Gasteiger partial charge is 0.251 e. The number of aliphatic hydroxyl groups excluding tert-OH is 1. The monoisotopic (exact) mass is 465 g/mol. The molecule has 0 bridgehead atoms. The summed E-state index contributed by atoms with van der Waals surface area (Å²) >= 11 is 0. The summed E-state index contributed by atoms with van der Waals surface area (Å²) in [7, 11) is 0. The van der Waals surface area contributed by atoms with Crippen LogP contribution in [0.4, 0.5) is 0 Å². The van der Waals surface area contributed by atoms with Crippen molar-refractivity contribution in [2.45, 2.75) is 90.3 Å². The molecule has 6 heteroatoms. The lowest BCUT2D eigenvalue weighted by Gasteiger charge is -2.56. The van der Waals surface area contributed by atoms with E-state index in [4.69, 9.17) is 5.26 Å². The molecule has 34 heavy (non-hydrogen) atoms. The summed E-state index contributed by atoms with van der Waals surface area (Å²) in [6, 6.07) is 9.01. The van der Waals surface area contributed by atoms with Gasteiger partial charge in [-0.05, 0) is 86.0 Å². The first-order chi connectivity index (χ1) is 16.2. The number of rotatable bonds is 5. The molecule has 3 aliphatic carbocycles. The fourth-order valence-electron chi connectivity index (χ4n) is 7.04. The average Bonchev–Trinajstić information content (AvgIpc) is 3.33. The van der Waals surface area contributed by atoms with Gasteiger partial charge >= 0.3 is 0 Å². The number of fused-ring (bicyclic) bond motifs is 1. The first-order valence-electron chi connectivity index (χ1n) is 13.0. The maximum absolute atomic E-state index is 13.0. The lowest BCUT2D eigenvalue weighted by atomic mass is 9.51. The van der Waals surface area contributed by atoms with Crippen molar-refractivity contribution in [2.75, 3.05) is 0 Å². The minimum Gasteiger partial charge on any atom is -0.392 e. The van der Waals surface area contributed by atoms with Crippen molar-refractivity contribution in [3.8, 4) is 6.07 Å². The topological polar surface area (TPSA) is 102 Å². The van der Waals surface area contributed by atoms with Crippen LogP contribution in [0.1, 0.15) is 88.1 Å². The maximum atomic E-state index is 13.0. The molecule has 2 amide bonds. The molecule has 0 heterocycles. The molecule has 0 radical (unpaired) electrons. The first kappa shape index (κ1) is 24.7. The highest BCUT2D eigenvalue weighted by Crippen LogP contribution is 2.55. The van der Waals surface area contributed by atoms with Crippen molar-refractivity contribution in [3.05, 3.63) is 35.4 Å². The van der Waals surface area contributed by atoms with Crippen LogP contribution < -0.4 is 10.6 Å². The van der Waals surface area contributed by atoms with Crippen molar-refractivity contribution in [2.24, 2.45) is 29.1 Å². The summed E-state index contributed by atoms with van der Waals surface area (Å²) in [5, 5.41) is 27.0. The zero-order valence-electron chi connectivity index (χ0n) is 20.7. The summed E-state index contributed by atoms with van der Waals surface area (Å²) in [4.78, 5) is 25.9. The van der Waals surface area contributed by atoms with Crippen LogP contribution in [0, 0.1) is 40.4 Å². The Morgan fingerprint density at radius 3 is 2.38 bits per heavy atom. The number of amides is 2. The van der Waals surface area contributed by atoms with E-state index in [1.54, 1.807) is 24.3 Å². The van der Waals surface area contributed by atoms with Gasteiger partial charge in [-0.3, -0.25) is 9.59 Å². The summed E-state index contributed by atoms with van der Waals surface area (Å²) in [5.41, 5.74) is 1.09. The largest absolute Gasteiger partial charge is 0.392 e. The van der Waals surface area contributed by atoms with Crippen molar-refractivity contribution < 1.29 is 14.7 Å². The normalized spacial score (nSPS) is 34.5. The summed E-state index contributed by atoms with van der Waals surface area (Å²) in [6.45, 7) is 6.38. The second kappa shape index (κ2) is 10.1. The highest BCUT2D eigenvalue weighted by molar-refractivity contribution is 5.94. The van der Waals surface area contributed by atoms with E-state index >= 15 is 0 Å². The highest BCUT2D eigenvalue weighted by atomic mass is 16.3. The molecule has 184 valence electrons. The number of benzene rings is 1. The van der Waals surface area contributed by atoms with E-state index in [0.29, 0.717) is 11.1 Å². The van der Waals surface area contributed by atoms with Gasteiger partial charge in [-0.2, -0.15) is 5.26 Å². The second-order valence-corrected chi connectivity index (χ2v) is 11.3. The molecular weight excluding hydrogens is 426 g/mol. The Bertz CT molecular complexity index is 933. The number of hydrogen-bond acceptors (Lipinski definition) is 4. The minimum absolute atomic E-state index is 0.0205. The lowest BCUT2D eigenvalue weighted by molar-refractivity contribution is -0.142. The van der Waals surface area contributed by atoms with E-state index in [1.807, 2.05) is 6.92 Å². The zero-order chi connectivity index (χ0) is 24.5. The summed E-state index contributed by atoms with van der Waals surface area (Å²) in [6.07, 6.45) is 7.61. The van der Waals surface area contributed by atoms with Gasteiger partial charge in [0, 0.05) is 23.6 Å². The summed E-state index contributed by atoms with van der Waals surface area (Å²) < 4.78 is 0. The average molecular weight is 466 g/mol. The Labute approximate surface area is 203 Å². The number of nitriles is 1. The van der Waals surface area contributed by atoms with E-state index in [0.717, 1.165) is 38.5 Å².